The van der Waals surface area contributed by atoms with Gasteiger partial charge in [0.25, 0.3) is 5.91 Å². The molecule has 164 valence electrons. The van der Waals surface area contributed by atoms with Crippen LogP contribution in [0.1, 0.15) is 58.4 Å². The smallest absolute Gasteiger partial charge is 0.327 e. The third-order valence-corrected chi connectivity index (χ3v) is 6.26. The van der Waals surface area contributed by atoms with Crippen LogP contribution >= 0.6 is 0 Å². The first kappa shape index (κ1) is 22.2. The Hall–Kier alpha value is -2.44. The van der Waals surface area contributed by atoms with Crippen molar-refractivity contribution in [2.24, 2.45) is 5.92 Å². The molecule has 4 amide bonds. The molecule has 1 aromatic rings. The van der Waals surface area contributed by atoms with Gasteiger partial charge in [-0.05, 0) is 56.6 Å². The number of nitrogens with zero attached hydrogens (tertiary/aromatic N) is 4. The summed E-state index contributed by atoms with van der Waals surface area (Å²) >= 11 is 0. The quantitative estimate of drug-likeness (QED) is 0.484. The summed E-state index contributed by atoms with van der Waals surface area (Å²) in [5, 5.41) is 0. The minimum Gasteiger partial charge on any atom is -0.342 e. The molecule has 2 aliphatic heterocycles. The number of amides is 4. The Labute approximate surface area is 179 Å². The van der Waals surface area contributed by atoms with Gasteiger partial charge in [-0.3, -0.25) is 19.5 Å². The molecular formula is C23H34N4O3. The van der Waals surface area contributed by atoms with Gasteiger partial charge in [0.2, 0.25) is 5.91 Å². The van der Waals surface area contributed by atoms with Crippen LogP contribution in [0.3, 0.4) is 0 Å². The third kappa shape index (κ3) is 4.50. The first-order valence-electron chi connectivity index (χ1n) is 11.2. The molecule has 0 N–H and O–H groups in total. The Bertz CT molecular complexity index is 757. The van der Waals surface area contributed by atoms with Crippen LogP contribution in [0.15, 0.2) is 24.5 Å². The lowest BCUT2D eigenvalue weighted by Gasteiger charge is -2.42. The van der Waals surface area contributed by atoms with Crippen molar-refractivity contribution in [3.8, 4) is 0 Å². The number of carbonyl (C=O) groups excluding carboxylic acids is 3. The van der Waals surface area contributed by atoms with Gasteiger partial charge in [-0.25, -0.2) is 4.79 Å². The molecule has 30 heavy (non-hydrogen) atoms. The second kappa shape index (κ2) is 9.58. The van der Waals surface area contributed by atoms with Gasteiger partial charge in [0.05, 0.1) is 0 Å². The van der Waals surface area contributed by atoms with Crippen molar-refractivity contribution in [3.63, 3.8) is 0 Å². The topological polar surface area (TPSA) is 73.8 Å². The van der Waals surface area contributed by atoms with Crippen molar-refractivity contribution >= 4 is 17.8 Å². The van der Waals surface area contributed by atoms with Crippen LogP contribution in [0, 0.1) is 5.92 Å². The van der Waals surface area contributed by atoms with E-state index in [4.69, 9.17) is 0 Å². The number of imide groups is 1. The highest BCUT2D eigenvalue weighted by atomic mass is 16.2. The molecule has 0 unspecified atom stereocenters. The predicted octanol–water partition coefficient (Wildman–Crippen LogP) is 3.10. The Balaban J connectivity index is 1.53. The van der Waals surface area contributed by atoms with E-state index in [2.05, 4.69) is 24.9 Å². The average Bonchev–Trinajstić information content (AvgIpc) is 2.93. The van der Waals surface area contributed by atoms with E-state index in [0.717, 1.165) is 19.3 Å². The van der Waals surface area contributed by atoms with Gasteiger partial charge in [-0.1, -0.05) is 19.9 Å². The average molecular weight is 415 g/mol. The number of likely N-dealkylation sites (N-methyl/N-ethyl adjacent to an activating group) is 1. The van der Waals surface area contributed by atoms with Gasteiger partial charge < -0.3 is 9.80 Å². The summed E-state index contributed by atoms with van der Waals surface area (Å²) in [5.41, 5.74) is 0.425. The van der Waals surface area contributed by atoms with E-state index in [1.165, 1.54) is 10.5 Å². The zero-order chi connectivity index (χ0) is 21.7. The van der Waals surface area contributed by atoms with Gasteiger partial charge in [0.1, 0.15) is 5.54 Å². The lowest BCUT2D eigenvalue weighted by atomic mass is 9.85. The lowest BCUT2D eigenvalue weighted by molar-refractivity contribution is -0.141. The van der Waals surface area contributed by atoms with Gasteiger partial charge in [0, 0.05) is 45.0 Å². The first-order chi connectivity index (χ1) is 14.4. The largest absolute Gasteiger partial charge is 0.342 e. The Kier molecular flexibility index (Phi) is 7.10. The molecular weight excluding hydrogens is 380 g/mol. The molecule has 0 saturated carbocycles. The van der Waals surface area contributed by atoms with Crippen molar-refractivity contribution in [2.45, 2.75) is 64.8 Å². The molecule has 0 aliphatic carbocycles. The summed E-state index contributed by atoms with van der Waals surface area (Å²) < 4.78 is 0. The van der Waals surface area contributed by atoms with E-state index < -0.39 is 5.54 Å². The van der Waals surface area contributed by atoms with Crippen LogP contribution in [0.2, 0.25) is 0 Å². The van der Waals surface area contributed by atoms with Crippen molar-refractivity contribution in [2.75, 3.05) is 26.2 Å². The van der Waals surface area contributed by atoms with E-state index in [1.54, 1.807) is 11.1 Å². The summed E-state index contributed by atoms with van der Waals surface area (Å²) in [7, 11) is 0. The summed E-state index contributed by atoms with van der Waals surface area (Å²) in [6.45, 7) is 8.00. The van der Waals surface area contributed by atoms with Crippen LogP contribution in [-0.4, -0.2) is 69.2 Å². The van der Waals surface area contributed by atoms with Crippen LogP contribution in [0.25, 0.3) is 0 Å². The number of aromatic nitrogens is 1. The zero-order valence-electron chi connectivity index (χ0n) is 18.5. The second-order valence-corrected chi connectivity index (χ2v) is 8.82. The summed E-state index contributed by atoms with van der Waals surface area (Å²) in [5.74, 6) is 0.352. The Morgan fingerprint density at radius 2 is 1.93 bits per heavy atom. The highest BCUT2D eigenvalue weighted by Gasteiger charge is 2.57. The fourth-order valence-corrected chi connectivity index (χ4v) is 4.60. The monoisotopic (exact) mass is 414 g/mol. The molecule has 2 aliphatic rings. The minimum atomic E-state index is -0.769. The van der Waals surface area contributed by atoms with Gasteiger partial charge in [-0.2, -0.15) is 0 Å². The van der Waals surface area contributed by atoms with Crippen LogP contribution in [-0.2, 0) is 16.0 Å². The zero-order valence-corrected chi connectivity index (χ0v) is 18.5. The van der Waals surface area contributed by atoms with Crippen molar-refractivity contribution in [3.05, 3.63) is 30.1 Å². The fraction of sp³-hybridized carbons (Fsp3) is 0.652. The highest BCUT2D eigenvalue weighted by Crippen LogP contribution is 2.38. The molecule has 7 heteroatoms. The minimum absolute atomic E-state index is 0.0841. The van der Waals surface area contributed by atoms with E-state index in [-0.39, 0.29) is 23.8 Å². The molecule has 2 fully saturated rings. The standard InChI is InChI=1S/C23H34N4O3/c1-4-26-21(29)23(27(22(26)30)17-18(2)3)11-14-25(15-12-23)20(28)10-6-5-8-19-9-7-13-24-16-19/h7,9,13,16,18H,4-6,8,10-12,14-15,17H2,1-3H3. The van der Waals surface area contributed by atoms with E-state index in [1.807, 2.05) is 24.1 Å². The third-order valence-electron chi connectivity index (χ3n) is 6.26. The summed E-state index contributed by atoms with van der Waals surface area (Å²) in [4.78, 5) is 47.7. The number of likely N-dealkylation sites (tertiary alicyclic amines) is 1. The number of unbranched alkanes of at least 4 members (excludes halogenated alkanes) is 1. The maximum absolute atomic E-state index is 13.1. The number of rotatable bonds is 8. The SMILES string of the molecule is CCN1C(=O)N(CC(C)C)C2(CCN(C(=O)CCCCc3cccnc3)CC2)C1=O. The Morgan fingerprint density at radius 1 is 1.20 bits per heavy atom. The van der Waals surface area contributed by atoms with Crippen LogP contribution in [0.5, 0.6) is 0 Å². The van der Waals surface area contributed by atoms with Crippen molar-refractivity contribution in [1.82, 2.24) is 19.7 Å². The molecule has 0 radical (unpaired) electrons. The lowest BCUT2D eigenvalue weighted by Crippen LogP contribution is -2.58. The molecule has 1 spiro atoms. The van der Waals surface area contributed by atoms with E-state index >= 15 is 0 Å². The van der Waals surface area contributed by atoms with E-state index in [9.17, 15) is 14.4 Å². The number of carbonyl (C=O) groups is 3. The van der Waals surface area contributed by atoms with Crippen LogP contribution < -0.4 is 0 Å². The maximum Gasteiger partial charge on any atom is 0.327 e. The summed E-state index contributed by atoms with van der Waals surface area (Å²) in [6.07, 6.45) is 7.94. The second-order valence-electron chi connectivity index (χ2n) is 8.82. The molecule has 7 nitrogen and oxygen atoms in total. The van der Waals surface area contributed by atoms with Crippen molar-refractivity contribution < 1.29 is 14.4 Å². The molecule has 0 atom stereocenters. The van der Waals surface area contributed by atoms with Crippen molar-refractivity contribution in [1.29, 1.82) is 0 Å². The number of hydrogen-bond donors (Lipinski definition) is 0. The normalized spacial score (nSPS) is 18.7. The predicted molar refractivity (Wildman–Crippen MR) is 115 cm³/mol. The molecule has 3 rings (SSSR count). The number of urea groups is 1. The summed E-state index contributed by atoms with van der Waals surface area (Å²) in [6, 6.07) is 3.81. The molecule has 0 bridgehead atoms. The van der Waals surface area contributed by atoms with E-state index in [0.29, 0.717) is 45.4 Å². The molecule has 2 saturated heterocycles. The Morgan fingerprint density at radius 3 is 2.53 bits per heavy atom. The number of piperidine rings is 1. The number of pyridine rings is 1. The fourth-order valence-electron chi connectivity index (χ4n) is 4.60. The van der Waals surface area contributed by atoms with Crippen LogP contribution in [0.4, 0.5) is 4.79 Å². The number of aryl methyl sites for hydroxylation is 1. The number of hydrogen-bond acceptors (Lipinski definition) is 4. The highest BCUT2D eigenvalue weighted by molar-refractivity contribution is 6.07. The maximum atomic E-state index is 13.1. The van der Waals surface area contributed by atoms with Gasteiger partial charge >= 0.3 is 6.03 Å². The van der Waals surface area contributed by atoms with Gasteiger partial charge in [-0.15, -0.1) is 0 Å². The first-order valence-corrected chi connectivity index (χ1v) is 11.2. The molecule has 0 aromatic carbocycles. The molecule has 1 aromatic heterocycles. The van der Waals surface area contributed by atoms with Gasteiger partial charge in [0.15, 0.2) is 0 Å². The molecule has 3 heterocycles.